The van der Waals surface area contributed by atoms with Crippen LogP contribution in [0.5, 0.6) is 5.75 Å². The first kappa shape index (κ1) is 15.9. The second kappa shape index (κ2) is 7.52. The van der Waals surface area contributed by atoms with E-state index < -0.39 is 0 Å². The Kier molecular flexibility index (Phi) is 5.70. The summed E-state index contributed by atoms with van der Waals surface area (Å²) in [4.78, 5) is 4.33. The van der Waals surface area contributed by atoms with Crippen molar-refractivity contribution in [1.29, 1.82) is 0 Å². The number of hydrogen-bond donors (Lipinski definition) is 1. The van der Waals surface area contributed by atoms with Crippen molar-refractivity contribution >= 4 is 11.3 Å². The molecule has 0 saturated heterocycles. The number of aromatic nitrogens is 1. The fourth-order valence-electron chi connectivity index (χ4n) is 1.95. The van der Waals surface area contributed by atoms with Crippen LogP contribution in [0.4, 0.5) is 4.39 Å². The average Bonchev–Trinajstić information content (AvgIpc) is 2.83. The minimum Gasteiger partial charge on any atom is -0.483 e. The SMILES string of the molecule is Cc1csc(COc2c(F)cccc2CNCC(C)C)n1. The summed E-state index contributed by atoms with van der Waals surface area (Å²) in [6.45, 7) is 8.01. The van der Waals surface area contributed by atoms with E-state index in [0.717, 1.165) is 22.8 Å². The van der Waals surface area contributed by atoms with Gasteiger partial charge in [-0.1, -0.05) is 26.0 Å². The van der Waals surface area contributed by atoms with Crippen molar-refractivity contribution in [2.24, 2.45) is 5.92 Å². The molecule has 1 N–H and O–H groups in total. The third kappa shape index (κ3) is 4.79. The van der Waals surface area contributed by atoms with E-state index in [1.165, 1.54) is 17.4 Å². The highest BCUT2D eigenvalue weighted by molar-refractivity contribution is 7.09. The van der Waals surface area contributed by atoms with Crippen LogP contribution in [0.1, 0.15) is 30.1 Å². The predicted octanol–water partition coefficient (Wildman–Crippen LogP) is 3.92. The van der Waals surface area contributed by atoms with E-state index in [1.54, 1.807) is 6.07 Å². The van der Waals surface area contributed by atoms with E-state index in [1.807, 2.05) is 18.4 Å². The van der Waals surface area contributed by atoms with Gasteiger partial charge in [0.1, 0.15) is 11.6 Å². The minimum absolute atomic E-state index is 0.302. The predicted molar refractivity (Wildman–Crippen MR) is 84.1 cm³/mol. The van der Waals surface area contributed by atoms with Gasteiger partial charge in [0.05, 0.1) is 0 Å². The zero-order valence-electron chi connectivity index (χ0n) is 12.6. The summed E-state index contributed by atoms with van der Waals surface area (Å²) in [6, 6.07) is 5.02. The number of thiazole rings is 1. The molecule has 0 spiro atoms. The molecule has 1 heterocycles. The Bertz CT molecular complexity index is 583. The smallest absolute Gasteiger partial charge is 0.165 e. The maximum Gasteiger partial charge on any atom is 0.165 e. The molecule has 1 aromatic carbocycles. The van der Waals surface area contributed by atoms with Crippen LogP contribution in [-0.2, 0) is 13.2 Å². The van der Waals surface area contributed by atoms with Gasteiger partial charge in [-0.25, -0.2) is 9.37 Å². The number of halogens is 1. The monoisotopic (exact) mass is 308 g/mol. The number of hydrogen-bond acceptors (Lipinski definition) is 4. The van der Waals surface area contributed by atoms with Crippen molar-refractivity contribution < 1.29 is 9.13 Å². The number of nitrogens with one attached hydrogen (secondary N) is 1. The van der Waals surface area contributed by atoms with Crippen molar-refractivity contribution in [2.45, 2.75) is 33.9 Å². The van der Waals surface area contributed by atoms with Crippen LogP contribution >= 0.6 is 11.3 Å². The molecular weight excluding hydrogens is 287 g/mol. The Morgan fingerprint density at radius 3 is 2.86 bits per heavy atom. The van der Waals surface area contributed by atoms with Gasteiger partial charge in [-0.05, 0) is 25.5 Å². The molecule has 21 heavy (non-hydrogen) atoms. The Morgan fingerprint density at radius 2 is 2.19 bits per heavy atom. The average molecular weight is 308 g/mol. The molecular formula is C16H21FN2OS. The van der Waals surface area contributed by atoms with Crippen molar-refractivity contribution in [3.63, 3.8) is 0 Å². The Hall–Kier alpha value is -1.46. The van der Waals surface area contributed by atoms with E-state index >= 15 is 0 Å². The van der Waals surface area contributed by atoms with E-state index in [-0.39, 0.29) is 5.82 Å². The second-order valence-corrected chi connectivity index (χ2v) is 6.37. The number of aryl methyl sites for hydroxylation is 1. The molecule has 5 heteroatoms. The van der Waals surface area contributed by atoms with Crippen LogP contribution in [0.3, 0.4) is 0 Å². The molecule has 3 nitrogen and oxygen atoms in total. The van der Waals surface area contributed by atoms with Crippen molar-refractivity contribution in [3.8, 4) is 5.75 Å². The van der Waals surface area contributed by atoms with Crippen LogP contribution in [0.2, 0.25) is 0 Å². The molecule has 0 bridgehead atoms. The van der Waals surface area contributed by atoms with Gasteiger partial charge in [0.25, 0.3) is 0 Å². The summed E-state index contributed by atoms with van der Waals surface area (Å²) in [6.07, 6.45) is 0. The lowest BCUT2D eigenvalue weighted by Crippen LogP contribution is -2.19. The summed E-state index contributed by atoms with van der Waals surface area (Å²) in [5, 5.41) is 6.13. The van der Waals surface area contributed by atoms with Gasteiger partial charge >= 0.3 is 0 Å². The summed E-state index contributed by atoms with van der Waals surface area (Å²) in [5.41, 5.74) is 1.80. The fourth-order valence-corrected chi connectivity index (χ4v) is 2.64. The molecule has 0 saturated carbocycles. The maximum absolute atomic E-state index is 14.0. The summed E-state index contributed by atoms with van der Waals surface area (Å²) >= 11 is 1.53. The molecule has 114 valence electrons. The van der Waals surface area contributed by atoms with Crippen LogP contribution < -0.4 is 10.1 Å². The largest absolute Gasteiger partial charge is 0.483 e. The first-order valence-electron chi connectivity index (χ1n) is 7.08. The van der Waals surface area contributed by atoms with Gasteiger partial charge in [0.2, 0.25) is 0 Å². The topological polar surface area (TPSA) is 34.1 Å². The maximum atomic E-state index is 14.0. The molecule has 0 radical (unpaired) electrons. The Balaban J connectivity index is 2.02. The first-order valence-corrected chi connectivity index (χ1v) is 7.96. The van der Waals surface area contributed by atoms with E-state index in [9.17, 15) is 4.39 Å². The molecule has 0 unspecified atom stereocenters. The van der Waals surface area contributed by atoms with Gasteiger partial charge in [-0.15, -0.1) is 11.3 Å². The van der Waals surface area contributed by atoms with Crippen molar-refractivity contribution in [1.82, 2.24) is 10.3 Å². The molecule has 0 fully saturated rings. The highest BCUT2D eigenvalue weighted by atomic mass is 32.1. The van der Waals surface area contributed by atoms with E-state index in [4.69, 9.17) is 4.74 Å². The second-order valence-electron chi connectivity index (χ2n) is 5.42. The van der Waals surface area contributed by atoms with Crippen LogP contribution in [0.15, 0.2) is 23.6 Å². The zero-order chi connectivity index (χ0) is 15.2. The summed E-state index contributed by atoms with van der Waals surface area (Å²) < 4.78 is 19.6. The minimum atomic E-state index is -0.327. The molecule has 0 aliphatic rings. The lowest BCUT2D eigenvalue weighted by molar-refractivity contribution is 0.285. The van der Waals surface area contributed by atoms with E-state index in [0.29, 0.717) is 24.8 Å². The van der Waals surface area contributed by atoms with Gasteiger partial charge < -0.3 is 10.1 Å². The molecule has 0 aliphatic heterocycles. The fraction of sp³-hybridized carbons (Fsp3) is 0.438. The number of ether oxygens (including phenoxy) is 1. The third-order valence-corrected chi connectivity index (χ3v) is 3.86. The summed E-state index contributed by atoms with van der Waals surface area (Å²) in [5.74, 6) is 0.551. The number of benzene rings is 1. The molecule has 1 aromatic heterocycles. The van der Waals surface area contributed by atoms with Crippen LogP contribution in [0, 0.1) is 18.7 Å². The molecule has 2 rings (SSSR count). The third-order valence-electron chi connectivity index (χ3n) is 2.92. The highest BCUT2D eigenvalue weighted by Crippen LogP contribution is 2.24. The number of para-hydroxylation sites is 1. The lowest BCUT2D eigenvalue weighted by atomic mass is 10.1. The highest BCUT2D eigenvalue weighted by Gasteiger charge is 2.11. The first-order chi connectivity index (χ1) is 10.1. The van der Waals surface area contributed by atoms with Gasteiger partial charge in [-0.3, -0.25) is 0 Å². The van der Waals surface area contributed by atoms with Crippen molar-refractivity contribution in [3.05, 3.63) is 45.7 Å². The molecule has 2 aromatic rings. The molecule has 0 amide bonds. The Labute approximate surface area is 129 Å². The van der Waals surface area contributed by atoms with Crippen LogP contribution in [-0.4, -0.2) is 11.5 Å². The van der Waals surface area contributed by atoms with Gasteiger partial charge in [0.15, 0.2) is 11.6 Å². The van der Waals surface area contributed by atoms with Gasteiger partial charge in [0, 0.05) is 23.2 Å². The quantitative estimate of drug-likeness (QED) is 0.842. The summed E-state index contributed by atoms with van der Waals surface area (Å²) in [7, 11) is 0. The molecule has 0 atom stereocenters. The lowest BCUT2D eigenvalue weighted by Gasteiger charge is -2.13. The standard InChI is InChI=1S/C16H21FN2OS/c1-11(2)7-18-8-13-5-4-6-14(17)16(13)20-9-15-19-12(3)10-21-15/h4-6,10-11,18H,7-9H2,1-3H3. The zero-order valence-corrected chi connectivity index (χ0v) is 13.5. The Morgan fingerprint density at radius 1 is 1.38 bits per heavy atom. The van der Waals surface area contributed by atoms with Gasteiger partial charge in [-0.2, -0.15) is 0 Å². The van der Waals surface area contributed by atoms with Crippen LogP contribution in [0.25, 0.3) is 0 Å². The normalized spacial score (nSPS) is 11.1. The van der Waals surface area contributed by atoms with E-state index in [2.05, 4.69) is 24.1 Å². The number of nitrogens with zero attached hydrogens (tertiary/aromatic N) is 1. The van der Waals surface area contributed by atoms with Crippen molar-refractivity contribution in [2.75, 3.05) is 6.54 Å². The number of rotatable bonds is 7. The molecule has 0 aliphatic carbocycles.